The number of amides is 2. The summed E-state index contributed by atoms with van der Waals surface area (Å²) < 4.78 is 40.4. The first kappa shape index (κ1) is 16.3. The summed E-state index contributed by atoms with van der Waals surface area (Å²) >= 11 is 0. The van der Waals surface area contributed by atoms with Crippen LogP contribution in [0.1, 0.15) is 29.7 Å². The van der Waals surface area contributed by atoms with Crippen LogP contribution in [0.5, 0.6) is 0 Å². The maximum atomic E-state index is 13.2. The van der Waals surface area contributed by atoms with Gasteiger partial charge in [-0.1, -0.05) is 6.07 Å². The van der Waals surface area contributed by atoms with Gasteiger partial charge in [0.2, 0.25) is 11.7 Å². The molecule has 1 atom stereocenters. The minimum absolute atomic E-state index is 0.0885. The van der Waals surface area contributed by atoms with Gasteiger partial charge in [0.15, 0.2) is 5.69 Å². The number of hydrogen-bond acceptors (Lipinski definition) is 3. The van der Waals surface area contributed by atoms with Gasteiger partial charge in [-0.3, -0.25) is 14.0 Å². The average Bonchev–Trinajstić information content (AvgIpc) is 2.82. The first-order chi connectivity index (χ1) is 11.3. The number of carbonyl (C=O) groups is 2. The summed E-state index contributed by atoms with van der Waals surface area (Å²) in [4.78, 5) is 29.2. The Bertz CT molecular complexity index is 800. The lowest BCUT2D eigenvalue weighted by Gasteiger charge is -2.25. The molecule has 0 aliphatic carbocycles. The highest BCUT2D eigenvalue weighted by atomic mass is 19.4. The minimum Gasteiger partial charge on any atom is -0.354 e. The summed E-state index contributed by atoms with van der Waals surface area (Å²) in [5.74, 6) is -1.94. The summed E-state index contributed by atoms with van der Waals surface area (Å²) in [5.41, 5.74) is -0.172. The number of fused-ring (bicyclic) bond motifs is 1. The SMILES string of the molecule is CC1CC(=O)NCCN1C(=O)c1nc(C(F)(F)F)n2ccccc12. The van der Waals surface area contributed by atoms with Gasteiger partial charge < -0.3 is 10.2 Å². The second kappa shape index (κ2) is 5.81. The van der Waals surface area contributed by atoms with Gasteiger partial charge in [-0.15, -0.1) is 0 Å². The number of nitrogens with zero attached hydrogens (tertiary/aromatic N) is 3. The van der Waals surface area contributed by atoms with Crippen LogP contribution in [0.15, 0.2) is 24.4 Å². The van der Waals surface area contributed by atoms with Gasteiger partial charge in [-0.25, -0.2) is 4.98 Å². The third-order valence-electron chi connectivity index (χ3n) is 3.95. The Morgan fingerprint density at radius 1 is 1.38 bits per heavy atom. The highest BCUT2D eigenvalue weighted by molar-refractivity contribution is 5.99. The number of rotatable bonds is 1. The van der Waals surface area contributed by atoms with E-state index in [4.69, 9.17) is 0 Å². The Morgan fingerprint density at radius 3 is 2.83 bits per heavy atom. The zero-order valence-corrected chi connectivity index (χ0v) is 12.8. The number of alkyl halides is 3. The molecule has 9 heteroatoms. The molecule has 6 nitrogen and oxygen atoms in total. The molecule has 0 spiro atoms. The van der Waals surface area contributed by atoms with Crippen molar-refractivity contribution in [3.63, 3.8) is 0 Å². The quantitative estimate of drug-likeness (QED) is 0.859. The van der Waals surface area contributed by atoms with E-state index in [9.17, 15) is 22.8 Å². The molecule has 3 rings (SSSR count). The molecule has 1 N–H and O–H groups in total. The second-order valence-corrected chi connectivity index (χ2v) is 5.64. The van der Waals surface area contributed by atoms with Crippen LogP contribution in [0.2, 0.25) is 0 Å². The van der Waals surface area contributed by atoms with Crippen molar-refractivity contribution in [2.45, 2.75) is 25.6 Å². The summed E-state index contributed by atoms with van der Waals surface area (Å²) in [5, 5.41) is 2.64. The van der Waals surface area contributed by atoms with Crippen LogP contribution < -0.4 is 5.32 Å². The largest absolute Gasteiger partial charge is 0.450 e. The number of aromatic nitrogens is 2. The van der Waals surface area contributed by atoms with Crippen LogP contribution in [0.3, 0.4) is 0 Å². The van der Waals surface area contributed by atoms with E-state index in [2.05, 4.69) is 10.3 Å². The summed E-state index contributed by atoms with van der Waals surface area (Å²) in [6.45, 7) is 2.16. The topological polar surface area (TPSA) is 66.7 Å². The average molecular weight is 340 g/mol. The molecule has 1 aliphatic heterocycles. The zero-order chi connectivity index (χ0) is 17.5. The third kappa shape index (κ3) is 2.81. The van der Waals surface area contributed by atoms with E-state index in [-0.39, 0.29) is 36.6 Å². The van der Waals surface area contributed by atoms with E-state index in [1.54, 1.807) is 13.0 Å². The van der Waals surface area contributed by atoms with Crippen LogP contribution in [0.25, 0.3) is 5.52 Å². The Labute approximate surface area is 135 Å². The monoisotopic (exact) mass is 340 g/mol. The molecule has 2 aromatic heterocycles. The molecule has 2 amide bonds. The molecule has 0 bridgehead atoms. The maximum absolute atomic E-state index is 13.2. The van der Waals surface area contributed by atoms with Crippen LogP contribution in [-0.2, 0) is 11.0 Å². The predicted molar refractivity (Wildman–Crippen MR) is 78.3 cm³/mol. The second-order valence-electron chi connectivity index (χ2n) is 5.64. The fourth-order valence-electron chi connectivity index (χ4n) is 2.82. The molecule has 0 saturated carbocycles. The van der Waals surface area contributed by atoms with Crippen molar-refractivity contribution in [1.29, 1.82) is 0 Å². The first-order valence-corrected chi connectivity index (χ1v) is 7.41. The van der Waals surface area contributed by atoms with E-state index in [1.165, 1.54) is 23.2 Å². The number of hydrogen-bond donors (Lipinski definition) is 1. The molecule has 1 fully saturated rings. The predicted octanol–water partition coefficient (Wildman–Crippen LogP) is 1.70. The Morgan fingerprint density at radius 2 is 2.12 bits per heavy atom. The van der Waals surface area contributed by atoms with Gasteiger partial charge >= 0.3 is 6.18 Å². The molecule has 0 radical (unpaired) electrons. The van der Waals surface area contributed by atoms with Crippen molar-refractivity contribution in [1.82, 2.24) is 19.6 Å². The fraction of sp³-hybridized carbons (Fsp3) is 0.400. The molecule has 2 aromatic rings. The summed E-state index contributed by atoms with van der Waals surface area (Å²) in [6, 6.07) is 3.98. The van der Waals surface area contributed by atoms with Crippen molar-refractivity contribution in [2.75, 3.05) is 13.1 Å². The Hall–Kier alpha value is -2.58. The lowest BCUT2D eigenvalue weighted by atomic mass is 10.2. The highest BCUT2D eigenvalue weighted by Crippen LogP contribution is 2.30. The van der Waals surface area contributed by atoms with Crippen molar-refractivity contribution >= 4 is 17.3 Å². The van der Waals surface area contributed by atoms with E-state index >= 15 is 0 Å². The molecule has 1 unspecified atom stereocenters. The lowest BCUT2D eigenvalue weighted by Crippen LogP contribution is -2.40. The molecule has 128 valence electrons. The maximum Gasteiger partial charge on any atom is 0.450 e. The number of halogens is 3. The van der Waals surface area contributed by atoms with Crippen LogP contribution >= 0.6 is 0 Å². The molecular weight excluding hydrogens is 325 g/mol. The van der Waals surface area contributed by atoms with E-state index in [0.717, 1.165) is 4.40 Å². The van der Waals surface area contributed by atoms with Crippen LogP contribution in [0, 0.1) is 0 Å². The first-order valence-electron chi connectivity index (χ1n) is 7.41. The van der Waals surface area contributed by atoms with Crippen LogP contribution in [0.4, 0.5) is 13.2 Å². The summed E-state index contributed by atoms with van der Waals surface area (Å²) in [7, 11) is 0. The minimum atomic E-state index is -4.68. The van der Waals surface area contributed by atoms with Crippen LogP contribution in [-0.4, -0.2) is 45.2 Å². The van der Waals surface area contributed by atoms with Gasteiger partial charge in [0.25, 0.3) is 5.91 Å². The number of carbonyl (C=O) groups excluding carboxylic acids is 2. The molecular formula is C15H15F3N4O2. The fourth-order valence-corrected chi connectivity index (χ4v) is 2.82. The Balaban J connectivity index is 2.06. The van der Waals surface area contributed by atoms with E-state index in [1.807, 2.05) is 0 Å². The molecule has 1 aliphatic rings. The molecule has 1 saturated heterocycles. The third-order valence-corrected chi connectivity index (χ3v) is 3.95. The number of pyridine rings is 1. The molecule has 24 heavy (non-hydrogen) atoms. The van der Waals surface area contributed by atoms with Crippen molar-refractivity contribution < 1.29 is 22.8 Å². The molecule has 3 heterocycles. The van der Waals surface area contributed by atoms with Gasteiger partial charge in [0, 0.05) is 31.7 Å². The molecule has 0 aromatic carbocycles. The highest BCUT2D eigenvalue weighted by Gasteiger charge is 2.39. The standard InChI is InChI=1S/C15H15F3N4O2/c1-9-8-11(23)19-5-7-21(9)13(24)12-10-4-2-3-6-22(10)14(20-12)15(16,17)18/h2-4,6,9H,5,7-8H2,1H3,(H,19,23). The van der Waals surface area contributed by atoms with Gasteiger partial charge in [0.05, 0.1) is 5.52 Å². The summed E-state index contributed by atoms with van der Waals surface area (Å²) in [6.07, 6.45) is -3.35. The van der Waals surface area contributed by atoms with Gasteiger partial charge in [-0.05, 0) is 19.1 Å². The van der Waals surface area contributed by atoms with Gasteiger partial charge in [0.1, 0.15) is 0 Å². The number of nitrogens with one attached hydrogen (secondary N) is 1. The van der Waals surface area contributed by atoms with E-state index in [0.29, 0.717) is 0 Å². The van der Waals surface area contributed by atoms with Crippen molar-refractivity contribution in [2.24, 2.45) is 0 Å². The smallest absolute Gasteiger partial charge is 0.354 e. The lowest BCUT2D eigenvalue weighted by molar-refractivity contribution is -0.145. The van der Waals surface area contributed by atoms with Gasteiger partial charge in [-0.2, -0.15) is 13.2 Å². The normalized spacial score (nSPS) is 19.2. The zero-order valence-electron chi connectivity index (χ0n) is 12.8. The van der Waals surface area contributed by atoms with E-state index < -0.39 is 23.9 Å². The van der Waals surface area contributed by atoms with Crippen molar-refractivity contribution in [3.8, 4) is 0 Å². The number of imidazole rings is 1. The van der Waals surface area contributed by atoms with Crippen molar-refractivity contribution in [3.05, 3.63) is 35.9 Å². The Kier molecular flexibility index (Phi) is 3.94.